The summed E-state index contributed by atoms with van der Waals surface area (Å²) >= 11 is 5.98. The van der Waals surface area contributed by atoms with E-state index in [1.54, 1.807) is 24.3 Å². The number of carbonyl (C=O) groups is 2. The molecule has 1 aromatic heterocycles. The predicted molar refractivity (Wildman–Crippen MR) is 112 cm³/mol. The third kappa shape index (κ3) is 6.09. The molecule has 2 aromatic carbocycles. The van der Waals surface area contributed by atoms with E-state index >= 15 is 0 Å². The summed E-state index contributed by atoms with van der Waals surface area (Å²) in [5.41, 5.74) is 6.45. The topological polar surface area (TPSA) is 132 Å². The SMILES string of the molecule is CC(NC(=O)c1ccccc1Cl)C(=O)OCc1nc(N)nc(Nc2ccc(F)cc2)n1. The van der Waals surface area contributed by atoms with Crippen LogP contribution in [0.2, 0.25) is 5.02 Å². The number of benzene rings is 2. The first kappa shape index (κ1) is 21.9. The van der Waals surface area contributed by atoms with Crippen molar-refractivity contribution in [1.82, 2.24) is 20.3 Å². The molecule has 0 aliphatic heterocycles. The Balaban J connectivity index is 1.59. The van der Waals surface area contributed by atoms with E-state index < -0.39 is 17.9 Å². The highest BCUT2D eigenvalue weighted by Gasteiger charge is 2.20. The van der Waals surface area contributed by atoms with Gasteiger partial charge >= 0.3 is 5.97 Å². The van der Waals surface area contributed by atoms with Crippen LogP contribution in [0.5, 0.6) is 0 Å². The van der Waals surface area contributed by atoms with Crippen molar-refractivity contribution in [3.05, 3.63) is 70.8 Å². The second-order valence-electron chi connectivity index (χ2n) is 6.35. The van der Waals surface area contributed by atoms with Crippen molar-refractivity contribution in [2.45, 2.75) is 19.6 Å². The maximum Gasteiger partial charge on any atom is 0.328 e. The minimum atomic E-state index is -0.945. The Kier molecular flexibility index (Phi) is 6.93. The van der Waals surface area contributed by atoms with Gasteiger partial charge in [0.2, 0.25) is 11.9 Å². The summed E-state index contributed by atoms with van der Waals surface area (Å²) in [5.74, 6) is -1.49. The van der Waals surface area contributed by atoms with E-state index in [2.05, 4.69) is 25.6 Å². The van der Waals surface area contributed by atoms with Crippen LogP contribution in [0.25, 0.3) is 0 Å². The number of amides is 1. The third-order valence-corrected chi connectivity index (χ3v) is 4.29. The van der Waals surface area contributed by atoms with E-state index in [-0.39, 0.29) is 40.7 Å². The van der Waals surface area contributed by atoms with Crippen LogP contribution in [-0.2, 0) is 16.1 Å². The van der Waals surface area contributed by atoms with Crippen LogP contribution in [-0.4, -0.2) is 32.9 Å². The molecule has 1 amide bonds. The Morgan fingerprint density at radius 3 is 2.55 bits per heavy atom. The minimum Gasteiger partial charge on any atom is -0.456 e. The molecule has 0 fully saturated rings. The summed E-state index contributed by atoms with van der Waals surface area (Å²) in [7, 11) is 0. The second kappa shape index (κ2) is 9.81. The molecule has 3 rings (SSSR count). The van der Waals surface area contributed by atoms with Crippen molar-refractivity contribution in [3.63, 3.8) is 0 Å². The quantitative estimate of drug-likeness (QED) is 0.474. The van der Waals surface area contributed by atoms with Gasteiger partial charge in [-0.25, -0.2) is 9.18 Å². The van der Waals surface area contributed by atoms with Gasteiger partial charge in [-0.05, 0) is 43.3 Å². The van der Waals surface area contributed by atoms with Crippen molar-refractivity contribution in [1.29, 1.82) is 0 Å². The van der Waals surface area contributed by atoms with Crippen LogP contribution in [0, 0.1) is 5.82 Å². The summed E-state index contributed by atoms with van der Waals surface area (Å²) in [6.07, 6.45) is 0. The zero-order chi connectivity index (χ0) is 22.4. The van der Waals surface area contributed by atoms with Gasteiger partial charge in [0.1, 0.15) is 11.9 Å². The summed E-state index contributed by atoms with van der Waals surface area (Å²) in [4.78, 5) is 36.5. The smallest absolute Gasteiger partial charge is 0.328 e. The van der Waals surface area contributed by atoms with Gasteiger partial charge in [-0.3, -0.25) is 4.79 Å². The first-order valence-electron chi connectivity index (χ1n) is 9.07. The van der Waals surface area contributed by atoms with E-state index in [0.717, 1.165) is 0 Å². The number of esters is 1. The maximum atomic E-state index is 13.0. The molecule has 0 bridgehead atoms. The molecule has 0 aliphatic rings. The van der Waals surface area contributed by atoms with Gasteiger partial charge in [0.15, 0.2) is 12.4 Å². The number of rotatable bonds is 7. The van der Waals surface area contributed by atoms with E-state index in [0.29, 0.717) is 5.69 Å². The Hall–Kier alpha value is -3.79. The molecule has 1 atom stereocenters. The Labute approximate surface area is 181 Å². The number of nitrogen functional groups attached to an aromatic ring is 1. The first-order chi connectivity index (χ1) is 14.8. The lowest BCUT2D eigenvalue weighted by Crippen LogP contribution is -2.39. The molecular formula is C20H18ClFN6O3. The molecule has 4 N–H and O–H groups in total. The van der Waals surface area contributed by atoms with E-state index in [4.69, 9.17) is 22.1 Å². The molecule has 0 saturated heterocycles. The number of halogens is 2. The van der Waals surface area contributed by atoms with Gasteiger partial charge in [-0.1, -0.05) is 23.7 Å². The molecule has 0 spiro atoms. The zero-order valence-corrected chi connectivity index (χ0v) is 17.1. The Bertz CT molecular complexity index is 1100. The molecule has 11 heteroatoms. The number of hydrogen-bond donors (Lipinski definition) is 3. The molecule has 1 heterocycles. The molecule has 31 heavy (non-hydrogen) atoms. The molecule has 9 nitrogen and oxygen atoms in total. The molecule has 0 radical (unpaired) electrons. The number of hydrogen-bond acceptors (Lipinski definition) is 8. The highest BCUT2D eigenvalue weighted by atomic mass is 35.5. The lowest BCUT2D eigenvalue weighted by atomic mass is 10.2. The van der Waals surface area contributed by atoms with Crippen molar-refractivity contribution in [2.24, 2.45) is 0 Å². The monoisotopic (exact) mass is 444 g/mol. The van der Waals surface area contributed by atoms with Crippen molar-refractivity contribution in [2.75, 3.05) is 11.1 Å². The number of nitrogens with one attached hydrogen (secondary N) is 2. The average Bonchev–Trinajstić information content (AvgIpc) is 2.73. The Morgan fingerprint density at radius 2 is 1.84 bits per heavy atom. The van der Waals surface area contributed by atoms with Crippen LogP contribution in [0.1, 0.15) is 23.1 Å². The number of nitrogens with two attached hydrogens (primary N) is 1. The Morgan fingerprint density at radius 1 is 1.13 bits per heavy atom. The number of nitrogens with zero attached hydrogens (tertiary/aromatic N) is 3. The lowest BCUT2D eigenvalue weighted by Gasteiger charge is -2.14. The average molecular weight is 445 g/mol. The molecule has 160 valence electrons. The maximum absolute atomic E-state index is 13.0. The van der Waals surface area contributed by atoms with Gasteiger partial charge in [0.25, 0.3) is 5.91 Å². The van der Waals surface area contributed by atoms with E-state index in [1.165, 1.54) is 31.2 Å². The van der Waals surface area contributed by atoms with Crippen LogP contribution < -0.4 is 16.4 Å². The standard InChI is InChI=1S/C20H18ClFN6O3/c1-11(24-17(29)14-4-2-3-5-15(14)21)18(30)31-10-16-26-19(23)28-20(27-16)25-13-8-6-12(22)7-9-13/h2-9,11H,10H2,1H3,(H,24,29)(H3,23,25,26,27,28). The first-order valence-corrected chi connectivity index (χ1v) is 9.44. The van der Waals surface area contributed by atoms with E-state index in [1.807, 2.05) is 0 Å². The van der Waals surface area contributed by atoms with Gasteiger partial charge in [0.05, 0.1) is 10.6 Å². The number of ether oxygens (including phenoxy) is 1. The second-order valence-corrected chi connectivity index (χ2v) is 6.76. The minimum absolute atomic E-state index is 0.0919. The third-order valence-electron chi connectivity index (χ3n) is 3.96. The van der Waals surface area contributed by atoms with Crippen LogP contribution in [0.15, 0.2) is 48.5 Å². The van der Waals surface area contributed by atoms with Gasteiger partial charge in [0, 0.05) is 5.69 Å². The molecular weight excluding hydrogens is 427 g/mol. The lowest BCUT2D eigenvalue weighted by molar-refractivity contribution is -0.147. The molecule has 0 aliphatic carbocycles. The fourth-order valence-corrected chi connectivity index (χ4v) is 2.68. The largest absolute Gasteiger partial charge is 0.456 e. The number of aromatic nitrogens is 3. The van der Waals surface area contributed by atoms with Crippen LogP contribution in [0.4, 0.5) is 22.0 Å². The van der Waals surface area contributed by atoms with Crippen molar-refractivity contribution < 1.29 is 18.7 Å². The highest BCUT2D eigenvalue weighted by Crippen LogP contribution is 2.16. The molecule has 0 saturated carbocycles. The molecule has 1 unspecified atom stereocenters. The number of anilines is 3. The summed E-state index contributed by atoms with van der Waals surface area (Å²) in [6, 6.07) is 11.1. The van der Waals surface area contributed by atoms with Gasteiger partial charge < -0.3 is 21.1 Å². The zero-order valence-electron chi connectivity index (χ0n) is 16.3. The van der Waals surface area contributed by atoms with Crippen molar-refractivity contribution >= 4 is 41.1 Å². The summed E-state index contributed by atoms with van der Waals surface area (Å²) < 4.78 is 18.2. The van der Waals surface area contributed by atoms with Crippen molar-refractivity contribution in [3.8, 4) is 0 Å². The summed E-state index contributed by atoms with van der Waals surface area (Å²) in [5, 5.41) is 5.63. The fourth-order valence-electron chi connectivity index (χ4n) is 2.46. The van der Waals surface area contributed by atoms with Gasteiger partial charge in [-0.2, -0.15) is 15.0 Å². The van der Waals surface area contributed by atoms with E-state index in [9.17, 15) is 14.0 Å². The van der Waals surface area contributed by atoms with Gasteiger partial charge in [-0.15, -0.1) is 0 Å². The fraction of sp³-hybridized carbons (Fsp3) is 0.150. The predicted octanol–water partition coefficient (Wildman–Crippen LogP) is 2.85. The number of carbonyl (C=O) groups excluding carboxylic acids is 2. The van der Waals surface area contributed by atoms with Crippen LogP contribution in [0.3, 0.4) is 0 Å². The van der Waals surface area contributed by atoms with Crippen LogP contribution >= 0.6 is 11.6 Å². The molecule has 3 aromatic rings. The highest BCUT2D eigenvalue weighted by molar-refractivity contribution is 6.33. The summed E-state index contributed by atoms with van der Waals surface area (Å²) in [6.45, 7) is 1.18. The normalized spacial score (nSPS) is 11.5.